The Bertz CT molecular complexity index is 599. The molecule has 1 aromatic heterocycles. The predicted molar refractivity (Wildman–Crippen MR) is 97.1 cm³/mol. The Balaban J connectivity index is 2.20. The highest BCUT2D eigenvalue weighted by Crippen LogP contribution is 2.37. The third-order valence-electron chi connectivity index (χ3n) is 4.71. The second-order valence-electron chi connectivity index (χ2n) is 7.41. The summed E-state index contributed by atoms with van der Waals surface area (Å²) >= 11 is 11.6. The minimum Gasteiger partial charge on any atom is -0.415 e. The fourth-order valence-corrected chi connectivity index (χ4v) is 3.58. The predicted octanol–water partition coefficient (Wildman–Crippen LogP) is 4.15. The Labute approximate surface area is 153 Å². The van der Waals surface area contributed by atoms with E-state index in [2.05, 4.69) is 43.8 Å². The smallest absolute Gasteiger partial charge is 0.225 e. The normalized spacial score (nSPS) is 19.7. The van der Waals surface area contributed by atoms with Crippen LogP contribution in [0.1, 0.15) is 20.8 Å². The van der Waals surface area contributed by atoms with E-state index < -0.39 is 14.1 Å². The number of ether oxygens (including phenoxy) is 1. The van der Waals surface area contributed by atoms with E-state index in [1.165, 1.54) is 0 Å². The first-order chi connectivity index (χ1) is 11.0. The van der Waals surface area contributed by atoms with Gasteiger partial charge in [-0.05, 0) is 29.7 Å². The molecule has 0 aliphatic carbocycles. The minimum atomic E-state index is -1.92. The van der Waals surface area contributed by atoms with Gasteiger partial charge in [0.15, 0.2) is 19.3 Å². The first-order valence-electron chi connectivity index (χ1n) is 7.90. The molecule has 2 rings (SSSR count). The largest absolute Gasteiger partial charge is 0.415 e. The molecule has 0 bridgehead atoms. The summed E-state index contributed by atoms with van der Waals surface area (Å²) in [5.41, 5.74) is 0. The maximum absolute atomic E-state index is 14.4. The van der Waals surface area contributed by atoms with Gasteiger partial charge in [0, 0.05) is 6.54 Å². The minimum absolute atomic E-state index is 0.0769. The summed E-state index contributed by atoms with van der Waals surface area (Å²) < 4.78 is 26.2. The van der Waals surface area contributed by atoms with Gasteiger partial charge in [-0.2, -0.15) is 9.37 Å². The van der Waals surface area contributed by atoms with Gasteiger partial charge in [-0.25, -0.2) is 4.98 Å². The van der Waals surface area contributed by atoms with Crippen LogP contribution in [-0.4, -0.2) is 50.7 Å². The molecule has 0 spiro atoms. The molecule has 24 heavy (non-hydrogen) atoms. The molecule has 0 N–H and O–H groups in total. The summed E-state index contributed by atoms with van der Waals surface area (Å²) in [6, 6.07) is -0.149. The van der Waals surface area contributed by atoms with Crippen molar-refractivity contribution >= 4 is 37.3 Å². The molecule has 2 heterocycles. The number of hydrogen-bond acceptors (Lipinski definition) is 5. The van der Waals surface area contributed by atoms with Crippen LogP contribution in [0.4, 0.5) is 10.2 Å². The highest BCUT2D eigenvalue weighted by atomic mass is 35.5. The number of anilines is 1. The number of halogens is 3. The van der Waals surface area contributed by atoms with Crippen LogP contribution < -0.4 is 4.90 Å². The summed E-state index contributed by atoms with van der Waals surface area (Å²) in [6.45, 7) is 12.7. The Kier molecular flexibility index (Phi) is 6.13. The van der Waals surface area contributed by atoms with Crippen LogP contribution in [0.3, 0.4) is 0 Å². The standard InChI is InChI=1S/C15H24Cl2FN3O2Si/c1-15(2,3)24(4,5)23-9-10-8-22-7-6-21(10)13-11(18)12(16)19-14(17)20-13/h10H,6-9H2,1-5H3. The van der Waals surface area contributed by atoms with E-state index in [4.69, 9.17) is 32.4 Å². The average molecular weight is 396 g/mol. The van der Waals surface area contributed by atoms with Crippen molar-refractivity contribution in [2.75, 3.05) is 31.3 Å². The summed E-state index contributed by atoms with van der Waals surface area (Å²) in [7, 11) is -1.92. The number of nitrogens with zero attached hydrogens (tertiary/aromatic N) is 3. The third-order valence-corrected chi connectivity index (χ3v) is 9.63. The van der Waals surface area contributed by atoms with Crippen LogP contribution in [0, 0.1) is 5.82 Å². The van der Waals surface area contributed by atoms with Crippen molar-refractivity contribution in [3.8, 4) is 0 Å². The van der Waals surface area contributed by atoms with Gasteiger partial charge < -0.3 is 14.1 Å². The number of rotatable bonds is 4. The second kappa shape index (κ2) is 7.41. The molecule has 1 aliphatic heterocycles. The van der Waals surface area contributed by atoms with Crippen molar-refractivity contribution in [2.24, 2.45) is 0 Å². The number of hydrogen-bond donors (Lipinski definition) is 0. The summed E-state index contributed by atoms with van der Waals surface area (Å²) in [6.07, 6.45) is 0. The zero-order valence-electron chi connectivity index (χ0n) is 14.7. The van der Waals surface area contributed by atoms with E-state index >= 15 is 0 Å². The van der Waals surface area contributed by atoms with Crippen LogP contribution >= 0.6 is 23.2 Å². The summed E-state index contributed by atoms with van der Waals surface area (Å²) in [4.78, 5) is 9.47. The molecule has 5 nitrogen and oxygen atoms in total. The highest BCUT2D eigenvalue weighted by Gasteiger charge is 2.39. The Morgan fingerprint density at radius 1 is 1.33 bits per heavy atom. The van der Waals surface area contributed by atoms with Gasteiger partial charge in [-0.1, -0.05) is 32.4 Å². The quantitative estimate of drug-likeness (QED) is 0.435. The molecule has 136 valence electrons. The number of morpholine rings is 1. The third kappa shape index (κ3) is 4.38. The first-order valence-corrected chi connectivity index (χ1v) is 11.6. The van der Waals surface area contributed by atoms with Gasteiger partial charge in [0.1, 0.15) is 0 Å². The molecule has 1 atom stereocenters. The lowest BCUT2D eigenvalue weighted by Crippen LogP contribution is -2.52. The van der Waals surface area contributed by atoms with Crippen molar-refractivity contribution in [1.29, 1.82) is 0 Å². The second-order valence-corrected chi connectivity index (χ2v) is 12.9. The molecule has 1 saturated heterocycles. The fraction of sp³-hybridized carbons (Fsp3) is 0.733. The van der Waals surface area contributed by atoms with Crippen LogP contribution in [0.15, 0.2) is 0 Å². The van der Waals surface area contributed by atoms with Crippen LogP contribution in [0.25, 0.3) is 0 Å². The first kappa shape index (κ1) is 19.8. The van der Waals surface area contributed by atoms with Crippen molar-refractivity contribution in [1.82, 2.24) is 9.97 Å². The fourth-order valence-electron chi connectivity index (χ4n) is 2.17. The molecule has 1 fully saturated rings. The van der Waals surface area contributed by atoms with Crippen molar-refractivity contribution in [2.45, 2.75) is 44.9 Å². The molecule has 1 aromatic rings. The summed E-state index contributed by atoms with van der Waals surface area (Å²) in [5, 5.41) is -0.257. The highest BCUT2D eigenvalue weighted by molar-refractivity contribution is 6.74. The van der Waals surface area contributed by atoms with Gasteiger partial charge >= 0.3 is 0 Å². The Hall–Kier alpha value is -0.473. The average Bonchev–Trinajstić information content (AvgIpc) is 2.48. The van der Waals surface area contributed by atoms with Crippen molar-refractivity contribution < 1.29 is 13.6 Å². The van der Waals surface area contributed by atoms with E-state index in [-0.39, 0.29) is 27.3 Å². The van der Waals surface area contributed by atoms with E-state index in [0.717, 1.165) is 0 Å². The molecule has 0 saturated carbocycles. The van der Waals surface area contributed by atoms with Gasteiger partial charge in [0.25, 0.3) is 0 Å². The van der Waals surface area contributed by atoms with Gasteiger partial charge in [-0.3, -0.25) is 0 Å². The lowest BCUT2D eigenvalue weighted by atomic mass is 10.2. The maximum atomic E-state index is 14.4. The van der Waals surface area contributed by atoms with E-state index in [1.54, 1.807) is 0 Å². The molecule has 0 radical (unpaired) electrons. The zero-order valence-corrected chi connectivity index (χ0v) is 17.2. The Morgan fingerprint density at radius 3 is 2.62 bits per heavy atom. The molecule has 0 amide bonds. The number of aromatic nitrogens is 2. The van der Waals surface area contributed by atoms with Gasteiger partial charge in [0.2, 0.25) is 11.1 Å². The molecular formula is C15H24Cl2FN3O2Si. The SMILES string of the molecule is CC(C)(C)[Si](C)(C)OCC1COCCN1c1nc(Cl)nc(Cl)c1F. The molecule has 0 aromatic carbocycles. The van der Waals surface area contributed by atoms with E-state index in [1.807, 2.05) is 4.90 Å². The van der Waals surface area contributed by atoms with Crippen molar-refractivity contribution in [3.05, 3.63) is 16.3 Å². The lowest BCUT2D eigenvalue weighted by Gasteiger charge is -2.41. The van der Waals surface area contributed by atoms with E-state index in [0.29, 0.717) is 26.4 Å². The summed E-state index contributed by atoms with van der Waals surface area (Å²) in [5.74, 6) is -0.563. The van der Waals surface area contributed by atoms with Crippen LogP contribution in [-0.2, 0) is 9.16 Å². The van der Waals surface area contributed by atoms with Gasteiger partial charge in [0.05, 0.1) is 25.9 Å². The monoisotopic (exact) mass is 395 g/mol. The Morgan fingerprint density at radius 2 is 2.00 bits per heavy atom. The van der Waals surface area contributed by atoms with Crippen molar-refractivity contribution in [3.63, 3.8) is 0 Å². The van der Waals surface area contributed by atoms with E-state index in [9.17, 15) is 4.39 Å². The lowest BCUT2D eigenvalue weighted by molar-refractivity contribution is 0.0737. The molecule has 9 heteroatoms. The maximum Gasteiger partial charge on any atom is 0.225 e. The van der Waals surface area contributed by atoms with Gasteiger partial charge in [-0.15, -0.1) is 0 Å². The zero-order chi connectivity index (χ0) is 18.1. The van der Waals surface area contributed by atoms with Crippen LogP contribution in [0.2, 0.25) is 28.6 Å². The molecule has 1 aliphatic rings. The molecule has 1 unspecified atom stereocenters. The molecular weight excluding hydrogens is 372 g/mol. The van der Waals surface area contributed by atoms with Crippen LogP contribution in [0.5, 0.6) is 0 Å². The topological polar surface area (TPSA) is 47.5 Å².